The molecule has 0 saturated carbocycles. The van der Waals surface area contributed by atoms with Crippen molar-refractivity contribution < 1.29 is 19.6 Å². The van der Waals surface area contributed by atoms with Gasteiger partial charge in [-0.25, -0.2) is 4.57 Å². The summed E-state index contributed by atoms with van der Waals surface area (Å²) in [6, 6.07) is 0. The van der Waals surface area contributed by atoms with Crippen LogP contribution in [0.1, 0.15) is 23.5 Å². The summed E-state index contributed by atoms with van der Waals surface area (Å²) in [5, 5.41) is 18.8. The lowest BCUT2D eigenvalue weighted by atomic mass is 10.3. The fourth-order valence-corrected chi connectivity index (χ4v) is 1.13. The molecule has 0 unspecified atom stereocenters. The third kappa shape index (κ3) is 2.62. The number of aliphatic carboxylic acids is 1. The molecule has 1 aromatic rings. The van der Waals surface area contributed by atoms with Gasteiger partial charge in [0.25, 0.3) is 0 Å². The summed E-state index contributed by atoms with van der Waals surface area (Å²) in [7, 11) is 0. The van der Waals surface area contributed by atoms with Crippen LogP contribution in [-0.2, 0) is 4.79 Å². The Kier molecular flexibility index (Phi) is 3.33. The Balaban J connectivity index is 2.83. The first kappa shape index (κ1) is 11.8. The highest BCUT2D eigenvalue weighted by Crippen LogP contribution is 2.11. The number of hydrogen-bond donors (Lipinski definition) is 1. The first-order valence-electron chi connectivity index (χ1n) is 4.37. The van der Waals surface area contributed by atoms with Crippen LogP contribution in [-0.4, -0.2) is 31.5 Å². The van der Waals surface area contributed by atoms with Crippen molar-refractivity contribution in [2.75, 3.05) is 0 Å². The van der Waals surface area contributed by atoms with E-state index in [-0.39, 0.29) is 18.7 Å². The number of aromatic nitrogens is 2. The fourth-order valence-electron chi connectivity index (χ4n) is 1.13. The third-order valence-electron chi connectivity index (χ3n) is 1.88. The minimum Gasteiger partial charge on any atom is -0.481 e. The summed E-state index contributed by atoms with van der Waals surface area (Å²) in [5.74, 6) is -1.88. The SMILES string of the molecule is Cc1nc([N+](=O)[O-])cn1C(=O)CCC(=O)O. The minimum atomic E-state index is -1.10. The number of carboxylic acids is 1. The highest BCUT2D eigenvalue weighted by Gasteiger charge is 2.19. The molecule has 16 heavy (non-hydrogen) atoms. The molecule has 0 spiro atoms. The van der Waals surface area contributed by atoms with E-state index in [1.807, 2.05) is 0 Å². The van der Waals surface area contributed by atoms with Crippen molar-refractivity contribution in [3.8, 4) is 0 Å². The number of hydrogen-bond acceptors (Lipinski definition) is 5. The van der Waals surface area contributed by atoms with Crippen molar-refractivity contribution in [3.05, 3.63) is 22.1 Å². The zero-order valence-corrected chi connectivity index (χ0v) is 8.41. The maximum atomic E-state index is 11.4. The first-order chi connectivity index (χ1) is 7.41. The van der Waals surface area contributed by atoms with E-state index in [4.69, 9.17) is 5.11 Å². The van der Waals surface area contributed by atoms with E-state index in [0.717, 1.165) is 10.8 Å². The molecule has 0 bridgehead atoms. The first-order valence-corrected chi connectivity index (χ1v) is 4.37. The molecule has 1 heterocycles. The van der Waals surface area contributed by atoms with Gasteiger partial charge in [0.2, 0.25) is 11.7 Å². The van der Waals surface area contributed by atoms with Crippen LogP contribution >= 0.6 is 0 Å². The zero-order valence-electron chi connectivity index (χ0n) is 8.41. The second kappa shape index (κ2) is 4.51. The second-order valence-electron chi connectivity index (χ2n) is 3.06. The summed E-state index contributed by atoms with van der Waals surface area (Å²) >= 11 is 0. The molecular formula is C8H9N3O5. The van der Waals surface area contributed by atoms with E-state index in [2.05, 4.69) is 4.98 Å². The monoisotopic (exact) mass is 227 g/mol. The number of carboxylic acid groups (broad SMARTS) is 1. The molecule has 0 fully saturated rings. The third-order valence-corrected chi connectivity index (χ3v) is 1.88. The second-order valence-corrected chi connectivity index (χ2v) is 3.06. The van der Waals surface area contributed by atoms with Gasteiger partial charge in [0.05, 0.1) is 6.42 Å². The van der Waals surface area contributed by atoms with Crippen molar-refractivity contribution in [3.63, 3.8) is 0 Å². The predicted octanol–water partition coefficient (Wildman–Crippen LogP) is 0.605. The maximum absolute atomic E-state index is 11.4. The van der Waals surface area contributed by atoms with Crippen LogP contribution in [0.3, 0.4) is 0 Å². The lowest BCUT2D eigenvalue weighted by Crippen LogP contribution is -2.12. The van der Waals surface area contributed by atoms with Gasteiger partial charge < -0.3 is 15.2 Å². The number of imidazole rings is 1. The molecule has 1 aromatic heterocycles. The Labute approximate surface area is 89.7 Å². The Morgan fingerprint density at radius 2 is 2.19 bits per heavy atom. The maximum Gasteiger partial charge on any atom is 0.382 e. The standard InChI is InChI=1S/C8H9N3O5/c1-5-9-6(11(15)16)4-10(5)7(12)2-3-8(13)14/h4H,2-3H2,1H3,(H,13,14). The number of carbonyl (C=O) groups excluding carboxylic acids is 1. The van der Waals surface area contributed by atoms with E-state index in [0.29, 0.717) is 0 Å². The van der Waals surface area contributed by atoms with E-state index >= 15 is 0 Å². The molecule has 0 radical (unpaired) electrons. The smallest absolute Gasteiger partial charge is 0.382 e. The number of carbonyl (C=O) groups is 2. The fraction of sp³-hybridized carbons (Fsp3) is 0.375. The Morgan fingerprint density at radius 3 is 2.62 bits per heavy atom. The molecule has 1 N–H and O–H groups in total. The summed E-state index contributed by atoms with van der Waals surface area (Å²) < 4.78 is 0.987. The quantitative estimate of drug-likeness (QED) is 0.594. The zero-order chi connectivity index (χ0) is 12.3. The van der Waals surface area contributed by atoms with Crippen molar-refractivity contribution >= 4 is 17.7 Å². The molecule has 1 rings (SSSR count). The molecule has 86 valence electrons. The molecule has 0 amide bonds. The minimum absolute atomic E-state index is 0.169. The van der Waals surface area contributed by atoms with Gasteiger partial charge in [-0.15, -0.1) is 0 Å². The molecule has 8 nitrogen and oxygen atoms in total. The highest BCUT2D eigenvalue weighted by molar-refractivity contribution is 5.83. The molecule has 0 saturated heterocycles. The summed E-state index contributed by atoms with van der Waals surface area (Å²) in [4.78, 5) is 34.9. The number of nitrogens with zero attached hydrogens (tertiary/aromatic N) is 3. The van der Waals surface area contributed by atoms with E-state index in [9.17, 15) is 19.7 Å². The Morgan fingerprint density at radius 1 is 1.56 bits per heavy atom. The number of rotatable bonds is 4. The van der Waals surface area contributed by atoms with Crippen LogP contribution in [0.4, 0.5) is 5.82 Å². The molecule has 0 aromatic carbocycles. The molecule has 0 aliphatic carbocycles. The Hall–Kier alpha value is -2.25. The normalized spacial score (nSPS) is 10.1. The van der Waals surface area contributed by atoms with Crippen molar-refractivity contribution in [1.82, 2.24) is 9.55 Å². The van der Waals surface area contributed by atoms with Gasteiger partial charge in [-0.1, -0.05) is 0 Å². The molecular weight excluding hydrogens is 218 g/mol. The molecule has 0 atom stereocenters. The van der Waals surface area contributed by atoms with E-state index in [1.54, 1.807) is 0 Å². The topological polar surface area (TPSA) is 115 Å². The molecule has 8 heteroatoms. The van der Waals surface area contributed by atoms with E-state index in [1.165, 1.54) is 6.92 Å². The van der Waals surface area contributed by atoms with Gasteiger partial charge in [0.15, 0.2) is 0 Å². The van der Waals surface area contributed by atoms with Gasteiger partial charge in [-0.2, -0.15) is 0 Å². The van der Waals surface area contributed by atoms with Crippen molar-refractivity contribution in [2.45, 2.75) is 19.8 Å². The van der Waals surface area contributed by atoms with Crippen molar-refractivity contribution in [1.29, 1.82) is 0 Å². The lowest BCUT2D eigenvalue weighted by molar-refractivity contribution is -0.389. The van der Waals surface area contributed by atoms with Crippen LogP contribution in [0, 0.1) is 17.0 Å². The summed E-state index contributed by atoms with van der Waals surface area (Å²) in [5.41, 5.74) is 0. The van der Waals surface area contributed by atoms with Crippen LogP contribution in [0.25, 0.3) is 0 Å². The van der Waals surface area contributed by atoms with E-state index < -0.39 is 22.6 Å². The number of nitro groups is 1. The van der Waals surface area contributed by atoms with Gasteiger partial charge in [-0.3, -0.25) is 9.59 Å². The summed E-state index contributed by atoms with van der Waals surface area (Å²) in [6.07, 6.45) is 0.452. The number of aryl methyl sites for hydroxylation is 1. The van der Waals surface area contributed by atoms with Gasteiger partial charge in [0.1, 0.15) is 6.20 Å². The molecule has 0 aliphatic rings. The Bertz CT molecular complexity index is 451. The summed E-state index contributed by atoms with van der Waals surface area (Å²) in [6.45, 7) is 1.44. The van der Waals surface area contributed by atoms with Crippen LogP contribution in [0.2, 0.25) is 0 Å². The van der Waals surface area contributed by atoms with Crippen LogP contribution in [0.5, 0.6) is 0 Å². The average molecular weight is 227 g/mol. The van der Waals surface area contributed by atoms with Gasteiger partial charge in [0, 0.05) is 13.3 Å². The van der Waals surface area contributed by atoms with Gasteiger partial charge in [-0.05, 0) is 9.91 Å². The predicted molar refractivity (Wildman–Crippen MR) is 51.1 cm³/mol. The largest absolute Gasteiger partial charge is 0.481 e. The lowest BCUT2D eigenvalue weighted by Gasteiger charge is -1.98. The van der Waals surface area contributed by atoms with Crippen LogP contribution < -0.4 is 0 Å². The highest BCUT2D eigenvalue weighted by atomic mass is 16.6. The molecule has 0 aliphatic heterocycles. The average Bonchev–Trinajstić information content (AvgIpc) is 2.57. The van der Waals surface area contributed by atoms with Crippen molar-refractivity contribution in [2.24, 2.45) is 0 Å². The van der Waals surface area contributed by atoms with Crippen LogP contribution in [0.15, 0.2) is 6.20 Å². The van der Waals surface area contributed by atoms with Gasteiger partial charge >= 0.3 is 11.8 Å².